The minimum Gasteiger partial charge on any atom is -0.393 e. The van der Waals surface area contributed by atoms with Crippen molar-refractivity contribution in [1.29, 1.82) is 0 Å². The highest BCUT2D eigenvalue weighted by atomic mass is 32.2. The van der Waals surface area contributed by atoms with E-state index >= 15 is 0 Å². The molecule has 0 radical (unpaired) electrons. The Hall–Kier alpha value is -0.170. The molecule has 1 aliphatic rings. The molecule has 1 atom stereocenters. The Morgan fingerprint density at radius 2 is 2.12 bits per heavy atom. The van der Waals surface area contributed by atoms with E-state index in [4.69, 9.17) is 5.14 Å². The molecule has 1 fully saturated rings. The number of aliphatic hydroxyl groups is 1. The van der Waals surface area contributed by atoms with Crippen LogP contribution in [-0.4, -0.2) is 49.9 Å². The van der Waals surface area contributed by atoms with Crippen LogP contribution in [0, 0.1) is 5.41 Å². The number of nitrogens with two attached hydrogens (primary N) is 1. The first-order valence-electron chi connectivity index (χ1n) is 5.59. The summed E-state index contributed by atoms with van der Waals surface area (Å²) in [7, 11) is -3.39. The molecule has 0 aromatic carbocycles. The molecule has 0 spiro atoms. The fraction of sp³-hybridized carbons (Fsp3) is 1.00. The molecule has 0 bridgehead atoms. The number of primary sulfonamides is 1. The van der Waals surface area contributed by atoms with Gasteiger partial charge in [-0.25, -0.2) is 13.6 Å². The number of aliphatic hydroxyl groups excluding tert-OH is 1. The van der Waals surface area contributed by atoms with E-state index in [-0.39, 0.29) is 17.3 Å². The predicted octanol–water partition coefficient (Wildman–Crippen LogP) is -0.242. The van der Waals surface area contributed by atoms with Crippen LogP contribution >= 0.6 is 0 Å². The van der Waals surface area contributed by atoms with E-state index in [2.05, 4.69) is 18.7 Å². The van der Waals surface area contributed by atoms with Gasteiger partial charge >= 0.3 is 0 Å². The van der Waals surface area contributed by atoms with Crippen molar-refractivity contribution in [3.8, 4) is 0 Å². The van der Waals surface area contributed by atoms with Gasteiger partial charge in [-0.1, -0.05) is 13.8 Å². The fourth-order valence-corrected chi connectivity index (χ4v) is 2.78. The van der Waals surface area contributed by atoms with Gasteiger partial charge in [0, 0.05) is 19.6 Å². The van der Waals surface area contributed by atoms with E-state index < -0.39 is 10.0 Å². The summed E-state index contributed by atoms with van der Waals surface area (Å²) in [6.07, 6.45) is 1.18. The summed E-state index contributed by atoms with van der Waals surface area (Å²) in [5, 5.41) is 14.7. The topological polar surface area (TPSA) is 83.6 Å². The molecule has 1 aliphatic heterocycles. The molecule has 6 heteroatoms. The van der Waals surface area contributed by atoms with Crippen LogP contribution in [0.15, 0.2) is 0 Å². The average Bonchev–Trinajstić information content (AvgIpc) is 2.19. The third kappa shape index (κ3) is 5.25. The molecule has 5 nitrogen and oxygen atoms in total. The van der Waals surface area contributed by atoms with Crippen molar-refractivity contribution in [2.24, 2.45) is 10.6 Å². The number of sulfonamides is 1. The SMILES string of the molecule is CC1(C)CC(O)CCN(CCS(N)(=O)=O)C1. The second-order valence-corrected chi connectivity index (χ2v) is 7.19. The second kappa shape index (κ2) is 5.00. The van der Waals surface area contributed by atoms with Crippen molar-refractivity contribution in [3.63, 3.8) is 0 Å². The zero-order valence-corrected chi connectivity index (χ0v) is 10.8. The van der Waals surface area contributed by atoms with Gasteiger partial charge in [-0.3, -0.25) is 0 Å². The average molecular weight is 250 g/mol. The van der Waals surface area contributed by atoms with Crippen molar-refractivity contribution >= 4 is 10.0 Å². The summed E-state index contributed by atoms with van der Waals surface area (Å²) < 4.78 is 21.8. The molecule has 1 unspecified atom stereocenters. The van der Waals surface area contributed by atoms with Crippen molar-refractivity contribution < 1.29 is 13.5 Å². The van der Waals surface area contributed by atoms with Crippen LogP contribution < -0.4 is 5.14 Å². The molecule has 3 N–H and O–H groups in total. The lowest BCUT2D eigenvalue weighted by molar-refractivity contribution is 0.121. The second-order valence-electron chi connectivity index (χ2n) is 5.45. The first-order valence-corrected chi connectivity index (χ1v) is 7.30. The molecular formula is C10H22N2O3S. The van der Waals surface area contributed by atoms with Gasteiger partial charge in [0.05, 0.1) is 11.9 Å². The lowest BCUT2D eigenvalue weighted by Gasteiger charge is -2.29. The highest BCUT2D eigenvalue weighted by Gasteiger charge is 2.29. The molecule has 0 aliphatic carbocycles. The van der Waals surface area contributed by atoms with Crippen LogP contribution in [0.25, 0.3) is 0 Å². The third-order valence-electron chi connectivity index (χ3n) is 2.91. The summed E-state index contributed by atoms with van der Waals surface area (Å²) in [6.45, 7) is 6.17. The number of nitrogens with zero attached hydrogens (tertiary/aromatic N) is 1. The monoisotopic (exact) mass is 250 g/mol. The van der Waals surface area contributed by atoms with Crippen molar-refractivity contribution in [1.82, 2.24) is 4.90 Å². The van der Waals surface area contributed by atoms with Crippen LogP contribution in [0.5, 0.6) is 0 Å². The van der Waals surface area contributed by atoms with E-state index in [1.165, 1.54) is 0 Å². The summed E-state index contributed by atoms with van der Waals surface area (Å²) in [6, 6.07) is 0. The number of hydrogen-bond donors (Lipinski definition) is 2. The summed E-state index contributed by atoms with van der Waals surface area (Å²) in [4.78, 5) is 2.07. The van der Waals surface area contributed by atoms with Crippen LogP contribution in [0.1, 0.15) is 26.7 Å². The molecule has 1 rings (SSSR count). The Kier molecular flexibility index (Phi) is 4.34. The molecule has 1 saturated heterocycles. The molecule has 0 amide bonds. The van der Waals surface area contributed by atoms with Gasteiger partial charge in [-0.2, -0.15) is 0 Å². The van der Waals surface area contributed by atoms with Gasteiger partial charge in [0.2, 0.25) is 10.0 Å². The van der Waals surface area contributed by atoms with Crippen LogP contribution in [0.4, 0.5) is 0 Å². The minimum absolute atomic E-state index is 0.0147. The smallest absolute Gasteiger partial charge is 0.210 e. The van der Waals surface area contributed by atoms with E-state index in [0.29, 0.717) is 13.0 Å². The van der Waals surface area contributed by atoms with Gasteiger partial charge in [-0.15, -0.1) is 0 Å². The zero-order chi connectivity index (χ0) is 12.4. The van der Waals surface area contributed by atoms with Gasteiger partial charge in [-0.05, 0) is 18.3 Å². The predicted molar refractivity (Wildman–Crippen MR) is 63.4 cm³/mol. The summed E-state index contributed by atoms with van der Waals surface area (Å²) >= 11 is 0. The maximum atomic E-state index is 10.9. The van der Waals surface area contributed by atoms with E-state index in [1.54, 1.807) is 0 Å². The third-order valence-corrected chi connectivity index (χ3v) is 3.66. The summed E-state index contributed by atoms with van der Waals surface area (Å²) in [5.74, 6) is -0.0147. The molecule has 16 heavy (non-hydrogen) atoms. The van der Waals surface area contributed by atoms with Crippen molar-refractivity contribution in [2.75, 3.05) is 25.4 Å². The first-order chi connectivity index (χ1) is 7.18. The Balaban J connectivity index is 2.54. The van der Waals surface area contributed by atoms with E-state index in [1.807, 2.05) is 0 Å². The maximum Gasteiger partial charge on any atom is 0.210 e. The Morgan fingerprint density at radius 1 is 1.50 bits per heavy atom. The zero-order valence-electron chi connectivity index (χ0n) is 10.0. The minimum atomic E-state index is -3.39. The molecule has 96 valence electrons. The molecule has 0 aromatic rings. The Labute approximate surface area is 97.7 Å². The molecule has 1 heterocycles. The quantitative estimate of drug-likeness (QED) is 0.724. The molecular weight excluding hydrogens is 228 g/mol. The number of likely N-dealkylation sites (tertiary alicyclic amines) is 1. The Bertz CT molecular complexity index is 327. The highest BCUT2D eigenvalue weighted by Crippen LogP contribution is 2.28. The van der Waals surface area contributed by atoms with Gasteiger partial charge in [0.1, 0.15) is 0 Å². The molecule has 0 saturated carbocycles. The van der Waals surface area contributed by atoms with Gasteiger partial charge in [0.25, 0.3) is 0 Å². The van der Waals surface area contributed by atoms with E-state index in [0.717, 1.165) is 19.5 Å². The van der Waals surface area contributed by atoms with Gasteiger partial charge < -0.3 is 10.0 Å². The van der Waals surface area contributed by atoms with Gasteiger partial charge in [0.15, 0.2) is 0 Å². The summed E-state index contributed by atoms with van der Waals surface area (Å²) in [5.41, 5.74) is 0.0221. The number of hydrogen-bond acceptors (Lipinski definition) is 4. The fourth-order valence-electron chi connectivity index (χ4n) is 2.27. The van der Waals surface area contributed by atoms with Crippen LogP contribution in [0.3, 0.4) is 0 Å². The van der Waals surface area contributed by atoms with Crippen molar-refractivity contribution in [2.45, 2.75) is 32.8 Å². The maximum absolute atomic E-state index is 10.9. The normalized spacial score (nSPS) is 27.6. The lowest BCUT2D eigenvalue weighted by Crippen LogP contribution is -2.37. The van der Waals surface area contributed by atoms with Crippen LogP contribution in [0.2, 0.25) is 0 Å². The number of rotatable bonds is 3. The van der Waals surface area contributed by atoms with Crippen molar-refractivity contribution in [3.05, 3.63) is 0 Å². The lowest BCUT2D eigenvalue weighted by atomic mass is 9.87. The largest absolute Gasteiger partial charge is 0.393 e. The van der Waals surface area contributed by atoms with Crippen LogP contribution in [-0.2, 0) is 10.0 Å². The van der Waals surface area contributed by atoms with E-state index in [9.17, 15) is 13.5 Å². The molecule has 0 aromatic heterocycles. The Morgan fingerprint density at radius 3 is 2.69 bits per heavy atom. The highest BCUT2D eigenvalue weighted by molar-refractivity contribution is 7.89. The standard InChI is InChI=1S/C10H22N2O3S/c1-10(2)7-9(13)3-4-12(8-10)5-6-16(11,14)15/h9,13H,3-8H2,1-2H3,(H2,11,14,15). The first kappa shape index (κ1) is 13.9.